The minimum Gasteiger partial charge on any atom is -0.497 e. The van der Waals surface area contributed by atoms with Gasteiger partial charge >= 0.3 is 5.97 Å². The molecule has 168 valence electrons. The molecule has 2 heterocycles. The third-order valence-corrected chi connectivity index (χ3v) is 5.55. The van der Waals surface area contributed by atoms with E-state index < -0.39 is 5.97 Å². The molecule has 0 bridgehead atoms. The molecule has 8 nitrogen and oxygen atoms in total. The maximum atomic E-state index is 12.5. The Labute approximate surface area is 194 Å². The number of hydrogen-bond donors (Lipinski definition) is 0. The van der Waals surface area contributed by atoms with Crippen LogP contribution in [0.5, 0.6) is 11.5 Å². The fraction of sp³-hybridized carbons (Fsp3) is 0.167. The lowest BCUT2D eigenvalue weighted by atomic mass is 10.2. The molecule has 0 amide bonds. The molecule has 0 aliphatic carbocycles. The van der Waals surface area contributed by atoms with Gasteiger partial charge in [0.1, 0.15) is 29.7 Å². The van der Waals surface area contributed by atoms with Crippen molar-refractivity contribution >= 4 is 17.3 Å². The molecule has 0 fully saturated rings. The number of para-hydroxylation sites is 1. The van der Waals surface area contributed by atoms with Crippen LogP contribution < -0.4 is 15.0 Å². The molecule has 0 aliphatic heterocycles. The van der Waals surface area contributed by atoms with Crippen molar-refractivity contribution in [1.82, 2.24) is 14.8 Å². The Bertz CT molecular complexity index is 1290. The predicted octanol–water partition coefficient (Wildman–Crippen LogP) is 3.81. The van der Waals surface area contributed by atoms with Crippen molar-refractivity contribution < 1.29 is 19.0 Å². The van der Waals surface area contributed by atoms with Crippen LogP contribution in [-0.4, -0.2) is 34.5 Å². The molecule has 0 radical (unpaired) electrons. The van der Waals surface area contributed by atoms with Crippen molar-refractivity contribution in [2.24, 2.45) is 0 Å². The number of ether oxygens (including phenoxy) is 3. The van der Waals surface area contributed by atoms with E-state index in [1.807, 2.05) is 60.0 Å². The first-order valence-corrected chi connectivity index (χ1v) is 11.0. The van der Waals surface area contributed by atoms with E-state index in [0.717, 1.165) is 16.3 Å². The molecule has 0 saturated heterocycles. The Morgan fingerprint density at radius 2 is 1.85 bits per heavy atom. The molecular weight excluding hydrogens is 442 g/mol. The quantitative estimate of drug-likeness (QED) is 0.349. The monoisotopic (exact) mass is 463 g/mol. The maximum Gasteiger partial charge on any atom is 0.359 e. The zero-order valence-electron chi connectivity index (χ0n) is 17.8. The highest BCUT2D eigenvalue weighted by Crippen LogP contribution is 2.27. The van der Waals surface area contributed by atoms with Gasteiger partial charge in [0.25, 0.3) is 5.56 Å². The lowest BCUT2D eigenvalue weighted by Gasteiger charge is -2.08. The number of aromatic nitrogens is 3. The van der Waals surface area contributed by atoms with Gasteiger partial charge in [-0.3, -0.25) is 4.79 Å². The van der Waals surface area contributed by atoms with Gasteiger partial charge in [0.05, 0.1) is 19.3 Å². The summed E-state index contributed by atoms with van der Waals surface area (Å²) in [7, 11) is 1.61. The zero-order valence-corrected chi connectivity index (χ0v) is 18.7. The molecule has 33 heavy (non-hydrogen) atoms. The van der Waals surface area contributed by atoms with Gasteiger partial charge in [-0.15, -0.1) is 11.3 Å². The summed E-state index contributed by atoms with van der Waals surface area (Å²) < 4.78 is 17.4. The molecule has 0 saturated carbocycles. The third-order valence-electron chi connectivity index (χ3n) is 4.61. The van der Waals surface area contributed by atoms with Crippen LogP contribution >= 0.6 is 11.3 Å². The number of hydrogen-bond acceptors (Lipinski definition) is 8. The van der Waals surface area contributed by atoms with Crippen molar-refractivity contribution in [3.63, 3.8) is 0 Å². The lowest BCUT2D eigenvalue weighted by molar-refractivity contribution is 0.0458. The average Bonchev–Trinajstić information content (AvgIpc) is 3.33. The number of rotatable bonds is 9. The Kier molecular flexibility index (Phi) is 7.11. The highest BCUT2D eigenvalue weighted by Gasteiger charge is 2.13. The molecule has 4 rings (SSSR count). The Hall–Kier alpha value is -3.98. The first-order chi connectivity index (χ1) is 16.1. The molecule has 0 spiro atoms. The van der Waals surface area contributed by atoms with Crippen molar-refractivity contribution in [3.8, 4) is 22.1 Å². The normalized spacial score (nSPS) is 10.6. The van der Waals surface area contributed by atoms with E-state index in [1.165, 1.54) is 28.2 Å². The molecule has 0 N–H and O–H groups in total. The van der Waals surface area contributed by atoms with Gasteiger partial charge in [0, 0.05) is 17.0 Å². The van der Waals surface area contributed by atoms with Crippen molar-refractivity contribution in [1.29, 1.82) is 0 Å². The number of methoxy groups -OCH3 is 1. The number of carbonyl (C=O) groups excluding carboxylic acids is 1. The van der Waals surface area contributed by atoms with Gasteiger partial charge < -0.3 is 14.2 Å². The molecule has 0 aliphatic rings. The molecule has 0 atom stereocenters. The van der Waals surface area contributed by atoms with Crippen LogP contribution in [0.15, 0.2) is 76.9 Å². The second kappa shape index (κ2) is 10.6. The summed E-state index contributed by atoms with van der Waals surface area (Å²) in [5.74, 6) is 0.799. The van der Waals surface area contributed by atoms with E-state index >= 15 is 0 Å². The largest absolute Gasteiger partial charge is 0.497 e. The molecule has 4 aromatic rings. The zero-order chi connectivity index (χ0) is 23.0. The van der Waals surface area contributed by atoms with E-state index in [4.69, 9.17) is 14.2 Å². The lowest BCUT2D eigenvalue weighted by Crippen LogP contribution is -2.27. The van der Waals surface area contributed by atoms with Crippen molar-refractivity contribution in [3.05, 3.63) is 93.9 Å². The van der Waals surface area contributed by atoms with Gasteiger partial charge in [-0.25, -0.2) is 14.5 Å². The molecule has 2 aromatic heterocycles. The fourth-order valence-electron chi connectivity index (χ4n) is 2.96. The molecular formula is C24H21N3O5S. The summed E-state index contributed by atoms with van der Waals surface area (Å²) >= 11 is 1.45. The first-order valence-electron chi connectivity index (χ1n) is 10.1. The van der Waals surface area contributed by atoms with Crippen LogP contribution in [0.2, 0.25) is 0 Å². The Balaban J connectivity index is 1.35. The predicted molar refractivity (Wildman–Crippen MR) is 124 cm³/mol. The summed E-state index contributed by atoms with van der Waals surface area (Å²) in [6.07, 6.45) is 0. The minimum absolute atomic E-state index is 0.00275. The smallest absolute Gasteiger partial charge is 0.359 e. The van der Waals surface area contributed by atoms with Gasteiger partial charge in [-0.2, -0.15) is 5.10 Å². The van der Waals surface area contributed by atoms with Gasteiger partial charge in [-0.1, -0.05) is 30.3 Å². The van der Waals surface area contributed by atoms with Crippen LogP contribution in [0.4, 0.5) is 0 Å². The fourth-order valence-corrected chi connectivity index (χ4v) is 3.76. The molecule has 0 unspecified atom stereocenters. The summed E-state index contributed by atoms with van der Waals surface area (Å²) in [6, 6.07) is 19.5. The number of carbonyl (C=O) groups is 1. The van der Waals surface area contributed by atoms with E-state index in [9.17, 15) is 9.59 Å². The topological polar surface area (TPSA) is 92.5 Å². The van der Waals surface area contributed by atoms with Gasteiger partial charge in [0.15, 0.2) is 5.69 Å². The van der Waals surface area contributed by atoms with Crippen molar-refractivity contribution in [2.75, 3.05) is 13.7 Å². The van der Waals surface area contributed by atoms with E-state index in [1.54, 1.807) is 7.11 Å². The highest BCUT2D eigenvalue weighted by molar-refractivity contribution is 7.13. The number of benzene rings is 2. The van der Waals surface area contributed by atoms with Crippen LogP contribution in [0.25, 0.3) is 10.6 Å². The Morgan fingerprint density at radius 1 is 1.03 bits per heavy atom. The third kappa shape index (κ3) is 5.83. The second-order valence-corrected chi connectivity index (χ2v) is 7.75. The van der Waals surface area contributed by atoms with Crippen LogP contribution in [0.3, 0.4) is 0 Å². The Morgan fingerprint density at radius 3 is 2.67 bits per heavy atom. The van der Waals surface area contributed by atoms with Gasteiger partial charge in [0.2, 0.25) is 0 Å². The van der Waals surface area contributed by atoms with E-state index in [2.05, 4.69) is 10.1 Å². The van der Waals surface area contributed by atoms with E-state index in [-0.39, 0.29) is 31.0 Å². The molecule has 2 aromatic carbocycles. The molecule has 9 heteroatoms. The van der Waals surface area contributed by atoms with Crippen molar-refractivity contribution in [2.45, 2.75) is 13.2 Å². The number of esters is 1. The summed E-state index contributed by atoms with van der Waals surface area (Å²) in [6.45, 7) is 0.434. The maximum absolute atomic E-state index is 12.5. The summed E-state index contributed by atoms with van der Waals surface area (Å²) in [4.78, 5) is 29.1. The summed E-state index contributed by atoms with van der Waals surface area (Å²) in [5.41, 5.74) is 1.25. The number of nitrogens with zero attached hydrogens (tertiary/aromatic N) is 3. The SMILES string of the molecule is COc1cccc(-c2nc(COC(=O)c3ccc(=O)n(CCOc4ccccc4)n3)cs2)c1. The van der Waals surface area contributed by atoms with Gasteiger partial charge in [-0.05, 0) is 30.3 Å². The average molecular weight is 464 g/mol. The minimum atomic E-state index is -0.636. The first kappa shape index (κ1) is 22.2. The summed E-state index contributed by atoms with van der Waals surface area (Å²) in [5, 5.41) is 6.73. The van der Waals surface area contributed by atoms with Crippen LogP contribution in [0, 0.1) is 0 Å². The second-order valence-electron chi connectivity index (χ2n) is 6.89. The number of thiazole rings is 1. The van der Waals surface area contributed by atoms with Crippen LogP contribution in [0.1, 0.15) is 16.2 Å². The van der Waals surface area contributed by atoms with E-state index in [0.29, 0.717) is 11.4 Å². The highest BCUT2D eigenvalue weighted by atomic mass is 32.1. The van der Waals surface area contributed by atoms with Crippen LogP contribution in [-0.2, 0) is 17.9 Å². The standard InChI is InChI=1S/C24H21N3O5S/c1-30-20-9-5-6-17(14-20)23-25-18(16-33-23)15-32-24(29)21-10-11-22(28)27(26-21)12-13-31-19-7-3-2-4-8-19/h2-11,14,16H,12-13,15H2,1H3.